The largest absolute Gasteiger partial charge is 0.376 e. The number of carbonyl (C=O) groups is 3. The molecule has 3 amide bonds. The Balaban J connectivity index is 1.29. The van der Waals surface area contributed by atoms with Crippen LogP contribution in [0.1, 0.15) is 57.4 Å². The number of benzene rings is 1. The molecule has 3 saturated heterocycles. The molecule has 5 aliphatic rings. The Hall–Kier alpha value is -2.71. The first-order valence-electron chi connectivity index (χ1n) is 13.9. The Morgan fingerprint density at radius 2 is 1.81 bits per heavy atom. The zero-order chi connectivity index (χ0) is 25.6. The average Bonchev–Trinajstić information content (AvgIpc) is 3.64. The molecule has 4 fully saturated rings. The first-order valence-corrected chi connectivity index (χ1v) is 13.9. The van der Waals surface area contributed by atoms with Crippen LogP contribution in [0.15, 0.2) is 42.5 Å². The highest BCUT2D eigenvalue weighted by molar-refractivity contribution is 6.00. The van der Waals surface area contributed by atoms with Crippen LogP contribution in [0.5, 0.6) is 0 Å². The number of fused-ring (bicyclic) bond motifs is 1. The van der Waals surface area contributed by atoms with Crippen LogP contribution in [-0.2, 0) is 30.4 Å². The molecule has 4 aliphatic heterocycles. The molecule has 1 aliphatic carbocycles. The topological polar surface area (TPSA) is 97.0 Å². The van der Waals surface area contributed by atoms with Gasteiger partial charge in [-0.3, -0.25) is 14.4 Å². The van der Waals surface area contributed by atoms with Gasteiger partial charge in [0, 0.05) is 25.7 Å². The van der Waals surface area contributed by atoms with Crippen molar-refractivity contribution in [2.75, 3.05) is 13.2 Å². The fourth-order valence-corrected chi connectivity index (χ4v) is 7.25. The van der Waals surface area contributed by atoms with Crippen LogP contribution in [0.25, 0.3) is 0 Å². The van der Waals surface area contributed by atoms with E-state index in [1.807, 2.05) is 49.4 Å². The zero-order valence-electron chi connectivity index (χ0n) is 21.5. The van der Waals surface area contributed by atoms with Gasteiger partial charge in [-0.1, -0.05) is 61.7 Å². The third-order valence-corrected chi connectivity index (χ3v) is 9.01. The van der Waals surface area contributed by atoms with Crippen LogP contribution < -0.4 is 10.6 Å². The van der Waals surface area contributed by atoms with Crippen molar-refractivity contribution in [3.63, 3.8) is 0 Å². The smallest absolute Gasteiger partial charge is 0.246 e. The third kappa shape index (κ3) is 4.18. The standard InChI is InChI=1S/C29H37N3O5/c1-28-14-15-29(37-28)23(22(28)25(33)31-20-11-6-3-7-12-20)27(35)32(18-21-13-8-16-36-21)24(29)26(34)30-17-19-9-4-2-5-10-19/h2,4-5,9-10,14-15,20-24H,3,6-8,11-13,16-18H2,1H3,(H,30,34)(H,31,33)/t21-,22-,23-,24+,28-,29+/m0/s1. The van der Waals surface area contributed by atoms with Crippen LogP contribution >= 0.6 is 0 Å². The second-order valence-electron chi connectivity index (χ2n) is 11.5. The first kappa shape index (κ1) is 24.6. The molecule has 0 unspecified atom stereocenters. The van der Waals surface area contributed by atoms with E-state index in [1.165, 1.54) is 6.42 Å². The van der Waals surface area contributed by atoms with E-state index in [0.717, 1.165) is 44.1 Å². The van der Waals surface area contributed by atoms with Crippen LogP contribution in [0.2, 0.25) is 0 Å². The van der Waals surface area contributed by atoms with Gasteiger partial charge in [-0.05, 0) is 38.2 Å². The lowest BCUT2D eigenvalue weighted by Crippen LogP contribution is -2.55. The van der Waals surface area contributed by atoms with E-state index in [-0.39, 0.29) is 29.9 Å². The molecule has 1 aromatic carbocycles. The fourth-order valence-electron chi connectivity index (χ4n) is 7.25. The number of ether oxygens (including phenoxy) is 2. The number of carbonyl (C=O) groups excluding carboxylic acids is 3. The fraction of sp³-hybridized carbons (Fsp3) is 0.621. The molecular weight excluding hydrogens is 470 g/mol. The van der Waals surface area contributed by atoms with E-state index in [0.29, 0.717) is 19.7 Å². The summed E-state index contributed by atoms with van der Waals surface area (Å²) < 4.78 is 12.5. The molecule has 8 nitrogen and oxygen atoms in total. The zero-order valence-corrected chi connectivity index (χ0v) is 21.5. The Labute approximate surface area is 218 Å². The molecule has 198 valence electrons. The summed E-state index contributed by atoms with van der Waals surface area (Å²) in [6.45, 7) is 3.21. The van der Waals surface area contributed by atoms with Gasteiger partial charge in [0.15, 0.2) is 0 Å². The Kier molecular flexibility index (Phi) is 6.35. The molecule has 6 rings (SSSR count). The summed E-state index contributed by atoms with van der Waals surface area (Å²) >= 11 is 0. The summed E-state index contributed by atoms with van der Waals surface area (Å²) in [6, 6.07) is 8.98. The predicted molar refractivity (Wildman–Crippen MR) is 136 cm³/mol. The van der Waals surface area contributed by atoms with Gasteiger partial charge < -0.3 is 25.0 Å². The minimum atomic E-state index is -1.17. The number of nitrogens with one attached hydrogen (secondary N) is 2. The minimum absolute atomic E-state index is 0.116. The molecule has 0 aromatic heterocycles. The minimum Gasteiger partial charge on any atom is -0.376 e. The maximum Gasteiger partial charge on any atom is 0.246 e. The number of amides is 3. The van der Waals surface area contributed by atoms with Gasteiger partial charge in [0.1, 0.15) is 11.6 Å². The van der Waals surface area contributed by atoms with Gasteiger partial charge in [-0.25, -0.2) is 0 Å². The lowest BCUT2D eigenvalue weighted by Gasteiger charge is -2.34. The number of rotatable bonds is 7. The Bertz CT molecular complexity index is 1080. The second-order valence-corrected chi connectivity index (χ2v) is 11.5. The van der Waals surface area contributed by atoms with Crippen molar-refractivity contribution in [1.29, 1.82) is 0 Å². The molecule has 2 bridgehead atoms. The average molecular weight is 508 g/mol. The van der Waals surface area contributed by atoms with Gasteiger partial charge in [0.25, 0.3) is 0 Å². The van der Waals surface area contributed by atoms with E-state index in [2.05, 4.69) is 10.6 Å². The van der Waals surface area contributed by atoms with Gasteiger partial charge in [-0.2, -0.15) is 0 Å². The van der Waals surface area contributed by atoms with Crippen molar-refractivity contribution in [2.45, 2.75) is 87.8 Å². The predicted octanol–water partition coefficient (Wildman–Crippen LogP) is 2.47. The quantitative estimate of drug-likeness (QED) is 0.553. The summed E-state index contributed by atoms with van der Waals surface area (Å²) in [5.41, 5.74) is -1.11. The van der Waals surface area contributed by atoms with E-state index < -0.39 is 29.1 Å². The first-order chi connectivity index (χ1) is 17.9. The summed E-state index contributed by atoms with van der Waals surface area (Å²) in [5, 5.41) is 6.27. The van der Waals surface area contributed by atoms with Crippen LogP contribution in [0.3, 0.4) is 0 Å². The SMILES string of the molecule is C[C@@]12C=C[C@@]3(O1)[C@H](C(=O)N(C[C@@H]1CCCO1)[C@@H]3C(=O)NCc1ccccc1)[C@H]2C(=O)NC1CCCCC1. The molecule has 6 atom stereocenters. The molecule has 4 heterocycles. The highest BCUT2D eigenvalue weighted by Gasteiger charge is 2.76. The summed E-state index contributed by atoms with van der Waals surface area (Å²) in [4.78, 5) is 43.3. The molecule has 1 spiro atoms. The van der Waals surface area contributed by atoms with Crippen LogP contribution in [0.4, 0.5) is 0 Å². The molecular formula is C29H37N3O5. The molecule has 1 aromatic rings. The summed E-state index contributed by atoms with van der Waals surface area (Å²) in [6.07, 6.45) is 10.8. The second kappa shape index (κ2) is 9.55. The van der Waals surface area contributed by atoms with E-state index >= 15 is 0 Å². The number of hydrogen-bond donors (Lipinski definition) is 2. The van der Waals surface area contributed by atoms with E-state index in [9.17, 15) is 14.4 Å². The number of likely N-dealkylation sites (tertiary alicyclic amines) is 1. The molecule has 2 N–H and O–H groups in total. The Morgan fingerprint density at radius 1 is 1.03 bits per heavy atom. The van der Waals surface area contributed by atoms with Gasteiger partial charge in [0.2, 0.25) is 17.7 Å². The Morgan fingerprint density at radius 3 is 2.54 bits per heavy atom. The van der Waals surface area contributed by atoms with E-state index in [1.54, 1.807) is 4.90 Å². The molecule has 0 radical (unpaired) electrons. The molecule has 8 heteroatoms. The van der Waals surface area contributed by atoms with E-state index in [4.69, 9.17) is 9.47 Å². The van der Waals surface area contributed by atoms with Gasteiger partial charge >= 0.3 is 0 Å². The van der Waals surface area contributed by atoms with Crippen molar-refractivity contribution >= 4 is 17.7 Å². The molecule has 1 saturated carbocycles. The number of hydrogen-bond acceptors (Lipinski definition) is 5. The van der Waals surface area contributed by atoms with Crippen LogP contribution in [-0.4, -0.2) is 65.2 Å². The van der Waals surface area contributed by atoms with Gasteiger partial charge in [-0.15, -0.1) is 0 Å². The lowest BCUT2D eigenvalue weighted by molar-refractivity contribution is -0.146. The normalized spacial score (nSPS) is 36.7. The van der Waals surface area contributed by atoms with Crippen molar-refractivity contribution in [3.8, 4) is 0 Å². The third-order valence-electron chi connectivity index (χ3n) is 9.01. The summed E-state index contributed by atoms with van der Waals surface area (Å²) in [7, 11) is 0. The summed E-state index contributed by atoms with van der Waals surface area (Å²) in [5.74, 6) is -2.00. The lowest BCUT2D eigenvalue weighted by atomic mass is 9.70. The van der Waals surface area contributed by atoms with Crippen molar-refractivity contribution < 1.29 is 23.9 Å². The highest BCUT2D eigenvalue weighted by Crippen LogP contribution is 2.59. The van der Waals surface area contributed by atoms with Crippen molar-refractivity contribution in [2.24, 2.45) is 11.8 Å². The highest BCUT2D eigenvalue weighted by atomic mass is 16.5. The van der Waals surface area contributed by atoms with Crippen LogP contribution in [0, 0.1) is 11.8 Å². The monoisotopic (exact) mass is 507 g/mol. The maximum atomic E-state index is 14.1. The maximum absolute atomic E-state index is 14.1. The van der Waals surface area contributed by atoms with Crippen molar-refractivity contribution in [3.05, 3.63) is 48.0 Å². The molecule has 37 heavy (non-hydrogen) atoms. The van der Waals surface area contributed by atoms with Crippen molar-refractivity contribution in [1.82, 2.24) is 15.5 Å². The van der Waals surface area contributed by atoms with Gasteiger partial charge in [0.05, 0.1) is 23.5 Å². The number of nitrogens with zero attached hydrogens (tertiary/aromatic N) is 1.